The largest absolute Gasteiger partial charge is 0.496 e. The summed E-state index contributed by atoms with van der Waals surface area (Å²) in [6, 6.07) is 5.88. The van der Waals surface area contributed by atoms with Gasteiger partial charge in [-0.25, -0.2) is 0 Å². The zero-order chi connectivity index (χ0) is 19.6. The summed E-state index contributed by atoms with van der Waals surface area (Å²) >= 11 is 1.50. The SMILES string of the molecule is COc1c(C)cc(C(=O)[C@H]2CCCN(Cc3csc(C(C)=O)c3)C2)cc1C. The van der Waals surface area contributed by atoms with Gasteiger partial charge in [-0.2, -0.15) is 0 Å². The van der Waals surface area contributed by atoms with Crippen LogP contribution in [0.4, 0.5) is 0 Å². The molecule has 2 heterocycles. The Morgan fingerprint density at radius 3 is 2.52 bits per heavy atom. The fourth-order valence-electron chi connectivity index (χ4n) is 3.96. The number of aryl methyl sites for hydroxylation is 2. The molecule has 1 aromatic carbocycles. The third kappa shape index (κ3) is 4.47. The Labute approximate surface area is 165 Å². The summed E-state index contributed by atoms with van der Waals surface area (Å²) in [5, 5.41) is 2.05. The molecule has 0 aliphatic carbocycles. The van der Waals surface area contributed by atoms with E-state index < -0.39 is 0 Å². The summed E-state index contributed by atoms with van der Waals surface area (Å²) < 4.78 is 5.42. The third-order valence-corrected chi connectivity index (χ3v) is 6.31. The summed E-state index contributed by atoms with van der Waals surface area (Å²) in [6.45, 7) is 8.14. The van der Waals surface area contributed by atoms with E-state index in [0.717, 1.165) is 65.4 Å². The van der Waals surface area contributed by atoms with Crippen LogP contribution < -0.4 is 4.74 Å². The second-order valence-electron chi connectivity index (χ2n) is 7.46. The fourth-order valence-corrected chi connectivity index (χ4v) is 4.77. The number of ketones is 2. The van der Waals surface area contributed by atoms with Gasteiger partial charge in [0, 0.05) is 24.6 Å². The average Bonchev–Trinajstić information content (AvgIpc) is 3.10. The van der Waals surface area contributed by atoms with Crippen LogP contribution in [0.3, 0.4) is 0 Å². The molecule has 1 saturated heterocycles. The van der Waals surface area contributed by atoms with Gasteiger partial charge in [-0.05, 0) is 80.4 Å². The van der Waals surface area contributed by atoms with Crippen molar-refractivity contribution >= 4 is 22.9 Å². The monoisotopic (exact) mass is 385 g/mol. The van der Waals surface area contributed by atoms with Crippen molar-refractivity contribution in [2.45, 2.75) is 40.2 Å². The molecule has 0 N–H and O–H groups in total. The topological polar surface area (TPSA) is 46.6 Å². The summed E-state index contributed by atoms with van der Waals surface area (Å²) in [7, 11) is 1.66. The van der Waals surface area contributed by atoms with Crippen molar-refractivity contribution in [1.29, 1.82) is 0 Å². The van der Waals surface area contributed by atoms with Crippen molar-refractivity contribution in [3.63, 3.8) is 0 Å². The number of nitrogens with zero attached hydrogens (tertiary/aromatic N) is 1. The van der Waals surface area contributed by atoms with E-state index in [9.17, 15) is 9.59 Å². The number of benzene rings is 1. The molecule has 0 spiro atoms. The van der Waals surface area contributed by atoms with Crippen LogP contribution in [-0.4, -0.2) is 36.7 Å². The predicted molar refractivity (Wildman–Crippen MR) is 109 cm³/mol. The van der Waals surface area contributed by atoms with Crippen LogP contribution in [0.5, 0.6) is 5.75 Å². The number of hydrogen-bond donors (Lipinski definition) is 0. The second kappa shape index (κ2) is 8.36. The second-order valence-corrected chi connectivity index (χ2v) is 8.37. The van der Waals surface area contributed by atoms with E-state index in [0.29, 0.717) is 0 Å². The highest BCUT2D eigenvalue weighted by Gasteiger charge is 2.27. The molecular weight excluding hydrogens is 358 g/mol. The van der Waals surface area contributed by atoms with Gasteiger partial charge in [0.1, 0.15) is 5.75 Å². The van der Waals surface area contributed by atoms with Crippen LogP contribution in [0, 0.1) is 19.8 Å². The van der Waals surface area contributed by atoms with Gasteiger partial charge in [-0.3, -0.25) is 14.5 Å². The number of methoxy groups -OCH3 is 1. The number of thiophene rings is 1. The van der Waals surface area contributed by atoms with E-state index in [4.69, 9.17) is 4.74 Å². The van der Waals surface area contributed by atoms with Gasteiger partial charge in [-0.15, -0.1) is 11.3 Å². The average molecular weight is 386 g/mol. The molecule has 1 aromatic heterocycles. The van der Waals surface area contributed by atoms with Gasteiger partial charge in [0.15, 0.2) is 11.6 Å². The quantitative estimate of drug-likeness (QED) is 0.678. The summed E-state index contributed by atoms with van der Waals surface area (Å²) in [4.78, 5) is 27.7. The van der Waals surface area contributed by atoms with E-state index in [1.54, 1.807) is 14.0 Å². The molecule has 5 heteroatoms. The number of carbonyl (C=O) groups is 2. The lowest BCUT2D eigenvalue weighted by Crippen LogP contribution is -2.38. The summed E-state index contributed by atoms with van der Waals surface area (Å²) in [5.41, 5.74) is 3.95. The Morgan fingerprint density at radius 2 is 1.93 bits per heavy atom. The van der Waals surface area contributed by atoms with Gasteiger partial charge in [0.05, 0.1) is 12.0 Å². The molecule has 1 atom stereocenters. The van der Waals surface area contributed by atoms with Crippen molar-refractivity contribution in [1.82, 2.24) is 4.90 Å². The van der Waals surface area contributed by atoms with E-state index in [2.05, 4.69) is 10.3 Å². The third-order valence-electron chi connectivity index (χ3n) is 5.23. The zero-order valence-corrected chi connectivity index (χ0v) is 17.3. The Hall–Kier alpha value is -1.98. The Morgan fingerprint density at radius 1 is 1.22 bits per heavy atom. The van der Waals surface area contributed by atoms with E-state index in [1.165, 1.54) is 11.3 Å². The van der Waals surface area contributed by atoms with Gasteiger partial charge in [0.25, 0.3) is 0 Å². The fraction of sp³-hybridized carbons (Fsp3) is 0.455. The normalized spacial score (nSPS) is 17.7. The molecule has 2 aromatic rings. The van der Waals surface area contributed by atoms with Crippen molar-refractivity contribution in [3.05, 3.63) is 50.7 Å². The first kappa shape index (κ1) is 19.8. The molecule has 0 unspecified atom stereocenters. The van der Waals surface area contributed by atoms with Crippen LogP contribution >= 0.6 is 11.3 Å². The maximum atomic E-state index is 13.1. The predicted octanol–water partition coefficient (Wildman–Crippen LogP) is 4.67. The Balaban J connectivity index is 1.70. The maximum Gasteiger partial charge on any atom is 0.169 e. The number of hydrogen-bond acceptors (Lipinski definition) is 5. The first-order valence-electron chi connectivity index (χ1n) is 9.39. The van der Waals surface area contributed by atoms with Gasteiger partial charge < -0.3 is 4.74 Å². The van der Waals surface area contributed by atoms with Crippen LogP contribution in [0.1, 0.15) is 56.5 Å². The summed E-state index contributed by atoms with van der Waals surface area (Å²) in [6.07, 6.45) is 1.95. The standard InChI is InChI=1S/C22H27NO3S/c1-14-8-19(9-15(2)22(14)26-4)21(25)18-6-5-7-23(12-18)11-17-10-20(16(3)24)27-13-17/h8-10,13,18H,5-7,11-12H2,1-4H3/t18-/m0/s1. The molecule has 4 nitrogen and oxygen atoms in total. The number of ether oxygens (including phenoxy) is 1. The van der Waals surface area contributed by atoms with E-state index in [1.807, 2.05) is 32.0 Å². The van der Waals surface area contributed by atoms with Crippen molar-refractivity contribution in [3.8, 4) is 5.75 Å². The van der Waals surface area contributed by atoms with Crippen molar-refractivity contribution in [2.75, 3.05) is 20.2 Å². The molecule has 3 rings (SSSR count). The van der Waals surface area contributed by atoms with Gasteiger partial charge >= 0.3 is 0 Å². The highest BCUT2D eigenvalue weighted by Crippen LogP contribution is 2.28. The minimum Gasteiger partial charge on any atom is -0.496 e. The molecule has 0 amide bonds. The highest BCUT2D eigenvalue weighted by atomic mass is 32.1. The van der Waals surface area contributed by atoms with E-state index in [-0.39, 0.29) is 17.5 Å². The number of piperidine rings is 1. The maximum absolute atomic E-state index is 13.1. The van der Waals surface area contributed by atoms with Crippen LogP contribution in [0.25, 0.3) is 0 Å². The van der Waals surface area contributed by atoms with Crippen LogP contribution in [0.15, 0.2) is 23.6 Å². The lowest BCUT2D eigenvalue weighted by molar-refractivity contribution is 0.0811. The van der Waals surface area contributed by atoms with Gasteiger partial charge in [0.2, 0.25) is 0 Å². The molecule has 144 valence electrons. The van der Waals surface area contributed by atoms with Crippen LogP contribution in [-0.2, 0) is 6.54 Å². The molecule has 0 saturated carbocycles. The Bertz CT molecular complexity index is 832. The number of likely N-dealkylation sites (tertiary alicyclic amines) is 1. The lowest BCUT2D eigenvalue weighted by atomic mass is 9.88. The highest BCUT2D eigenvalue weighted by molar-refractivity contribution is 7.12. The van der Waals surface area contributed by atoms with Crippen LogP contribution in [0.2, 0.25) is 0 Å². The lowest BCUT2D eigenvalue weighted by Gasteiger charge is -2.32. The van der Waals surface area contributed by atoms with Crippen molar-refractivity contribution in [2.24, 2.45) is 5.92 Å². The Kier molecular flexibility index (Phi) is 6.12. The molecule has 0 bridgehead atoms. The summed E-state index contributed by atoms with van der Waals surface area (Å²) in [5.74, 6) is 1.22. The molecule has 1 fully saturated rings. The number of rotatable bonds is 6. The minimum atomic E-state index is 0.0249. The molecule has 27 heavy (non-hydrogen) atoms. The smallest absolute Gasteiger partial charge is 0.169 e. The van der Waals surface area contributed by atoms with E-state index >= 15 is 0 Å². The van der Waals surface area contributed by atoms with Gasteiger partial charge in [-0.1, -0.05) is 0 Å². The molecular formula is C22H27NO3S. The number of carbonyl (C=O) groups excluding carboxylic acids is 2. The molecule has 1 aliphatic heterocycles. The molecule has 0 radical (unpaired) electrons. The first-order chi connectivity index (χ1) is 12.9. The first-order valence-corrected chi connectivity index (χ1v) is 10.3. The zero-order valence-electron chi connectivity index (χ0n) is 16.5. The van der Waals surface area contributed by atoms with Crippen molar-refractivity contribution < 1.29 is 14.3 Å². The minimum absolute atomic E-state index is 0.0249. The molecule has 1 aliphatic rings. The number of Topliss-reactive ketones (excluding diaryl/α,β-unsaturated/α-hetero) is 2.